The fourth-order valence-corrected chi connectivity index (χ4v) is 1.99. The Hall–Kier alpha value is -2.63. The Labute approximate surface area is 108 Å². The number of carbonyl (C=O) groups is 1. The third-order valence-corrected chi connectivity index (χ3v) is 2.88. The van der Waals surface area contributed by atoms with Crippen LogP contribution in [-0.4, -0.2) is 25.8 Å². The molecule has 0 spiro atoms. The molecule has 0 unspecified atom stereocenters. The van der Waals surface area contributed by atoms with Gasteiger partial charge in [0.1, 0.15) is 11.5 Å². The number of nitrogens with zero attached hydrogens (tertiary/aromatic N) is 3. The molecule has 0 aliphatic heterocycles. The van der Waals surface area contributed by atoms with E-state index in [4.69, 9.17) is 9.63 Å². The van der Waals surface area contributed by atoms with Gasteiger partial charge in [0.15, 0.2) is 0 Å². The maximum atomic E-state index is 10.9. The number of carboxylic acid groups (broad SMARTS) is 1. The van der Waals surface area contributed by atoms with Gasteiger partial charge in [-0.05, 0) is 25.1 Å². The molecule has 3 rings (SSSR count). The van der Waals surface area contributed by atoms with Gasteiger partial charge in [0.2, 0.25) is 0 Å². The molecular formula is C13H11N3O3. The molecule has 1 N–H and O–H groups in total. The number of rotatable bonds is 3. The lowest BCUT2D eigenvalue weighted by Crippen LogP contribution is -1.99. The molecule has 0 radical (unpaired) electrons. The molecule has 1 aromatic carbocycles. The first-order valence-corrected chi connectivity index (χ1v) is 5.74. The summed E-state index contributed by atoms with van der Waals surface area (Å²) < 4.78 is 6.92. The zero-order valence-corrected chi connectivity index (χ0v) is 10.2. The largest absolute Gasteiger partial charge is 0.478 e. The van der Waals surface area contributed by atoms with Gasteiger partial charge in [-0.3, -0.25) is 0 Å². The molecule has 0 aliphatic rings. The van der Waals surface area contributed by atoms with E-state index in [0.29, 0.717) is 12.1 Å². The Morgan fingerprint density at radius 3 is 2.95 bits per heavy atom. The van der Waals surface area contributed by atoms with Gasteiger partial charge in [-0.2, -0.15) is 0 Å². The quantitative estimate of drug-likeness (QED) is 0.776. The van der Waals surface area contributed by atoms with Gasteiger partial charge in [0, 0.05) is 6.07 Å². The van der Waals surface area contributed by atoms with Gasteiger partial charge in [0.25, 0.3) is 0 Å². The van der Waals surface area contributed by atoms with Crippen LogP contribution in [0.5, 0.6) is 0 Å². The van der Waals surface area contributed by atoms with Crippen molar-refractivity contribution in [1.82, 2.24) is 14.7 Å². The lowest BCUT2D eigenvalue weighted by molar-refractivity contribution is 0.0697. The molecule has 6 nitrogen and oxygen atoms in total. The normalized spacial score (nSPS) is 11.0. The fraction of sp³-hybridized carbons (Fsp3) is 0.154. The summed E-state index contributed by atoms with van der Waals surface area (Å²) in [7, 11) is 0. The highest BCUT2D eigenvalue weighted by Crippen LogP contribution is 2.16. The summed E-state index contributed by atoms with van der Waals surface area (Å²) in [4.78, 5) is 15.1. The smallest absolute Gasteiger partial charge is 0.335 e. The van der Waals surface area contributed by atoms with E-state index in [1.165, 1.54) is 0 Å². The van der Waals surface area contributed by atoms with Gasteiger partial charge in [-0.15, -0.1) is 0 Å². The SMILES string of the molecule is Cc1cc(Cn2cnc3cc(C(=O)O)ccc32)no1. The van der Waals surface area contributed by atoms with Crippen LogP contribution in [0.2, 0.25) is 0 Å². The predicted octanol–water partition coefficient (Wildman–Crippen LogP) is 2.08. The molecule has 2 aromatic heterocycles. The second-order valence-electron chi connectivity index (χ2n) is 4.31. The lowest BCUT2D eigenvalue weighted by Gasteiger charge is -2.01. The van der Waals surface area contributed by atoms with Crippen molar-refractivity contribution in [3.8, 4) is 0 Å². The average Bonchev–Trinajstić information content (AvgIpc) is 2.96. The van der Waals surface area contributed by atoms with E-state index in [0.717, 1.165) is 17.0 Å². The lowest BCUT2D eigenvalue weighted by atomic mass is 10.2. The third kappa shape index (κ3) is 2.08. The van der Waals surface area contributed by atoms with E-state index >= 15 is 0 Å². The molecule has 19 heavy (non-hydrogen) atoms. The number of aromatic carboxylic acids is 1. The Balaban J connectivity index is 1.99. The van der Waals surface area contributed by atoms with Crippen molar-refractivity contribution >= 4 is 17.0 Å². The van der Waals surface area contributed by atoms with Crippen LogP contribution in [0.25, 0.3) is 11.0 Å². The highest BCUT2D eigenvalue weighted by atomic mass is 16.5. The van der Waals surface area contributed by atoms with Crippen LogP contribution in [0.15, 0.2) is 35.1 Å². The fourth-order valence-electron chi connectivity index (χ4n) is 1.99. The van der Waals surface area contributed by atoms with Crippen molar-refractivity contribution in [2.45, 2.75) is 13.5 Å². The first kappa shape index (κ1) is 11.5. The van der Waals surface area contributed by atoms with Crippen LogP contribution in [0, 0.1) is 6.92 Å². The number of fused-ring (bicyclic) bond motifs is 1. The third-order valence-electron chi connectivity index (χ3n) is 2.88. The van der Waals surface area contributed by atoms with Crippen molar-refractivity contribution in [1.29, 1.82) is 0 Å². The second kappa shape index (κ2) is 4.24. The molecule has 0 bridgehead atoms. The predicted molar refractivity (Wildman–Crippen MR) is 67.0 cm³/mol. The van der Waals surface area contributed by atoms with Gasteiger partial charge in [-0.25, -0.2) is 9.78 Å². The van der Waals surface area contributed by atoms with Crippen LogP contribution < -0.4 is 0 Å². The minimum absolute atomic E-state index is 0.232. The molecular weight excluding hydrogens is 246 g/mol. The summed E-state index contributed by atoms with van der Waals surface area (Å²) in [5.41, 5.74) is 2.56. The van der Waals surface area contributed by atoms with Gasteiger partial charge < -0.3 is 14.2 Å². The van der Waals surface area contributed by atoms with E-state index in [1.54, 1.807) is 24.5 Å². The summed E-state index contributed by atoms with van der Waals surface area (Å²) in [5, 5.41) is 12.9. The molecule has 3 aromatic rings. The molecule has 2 heterocycles. The second-order valence-corrected chi connectivity index (χ2v) is 4.31. The summed E-state index contributed by atoms with van der Waals surface area (Å²) in [5.74, 6) is -0.198. The highest BCUT2D eigenvalue weighted by Gasteiger charge is 2.09. The zero-order chi connectivity index (χ0) is 13.4. The molecule has 0 saturated heterocycles. The number of hydrogen-bond donors (Lipinski definition) is 1. The van der Waals surface area contributed by atoms with Crippen molar-refractivity contribution in [2.75, 3.05) is 0 Å². The number of hydrogen-bond acceptors (Lipinski definition) is 4. The van der Waals surface area contributed by atoms with Crippen LogP contribution >= 0.6 is 0 Å². The minimum atomic E-state index is -0.955. The number of aryl methyl sites for hydroxylation is 1. The molecule has 0 atom stereocenters. The summed E-state index contributed by atoms with van der Waals surface area (Å²) >= 11 is 0. The summed E-state index contributed by atoms with van der Waals surface area (Å²) in [6.45, 7) is 2.38. The standard InChI is InChI=1S/C13H11N3O3/c1-8-4-10(15-19-8)6-16-7-14-11-5-9(13(17)18)2-3-12(11)16/h2-5,7H,6H2,1H3,(H,17,18). The molecule has 6 heteroatoms. The molecule has 0 amide bonds. The maximum absolute atomic E-state index is 10.9. The average molecular weight is 257 g/mol. The minimum Gasteiger partial charge on any atom is -0.478 e. The number of benzene rings is 1. The van der Waals surface area contributed by atoms with Crippen LogP contribution in [0.1, 0.15) is 21.8 Å². The van der Waals surface area contributed by atoms with E-state index in [1.807, 2.05) is 17.6 Å². The van der Waals surface area contributed by atoms with Crippen LogP contribution in [0.4, 0.5) is 0 Å². The summed E-state index contributed by atoms with van der Waals surface area (Å²) in [6, 6.07) is 6.73. The van der Waals surface area contributed by atoms with Crippen molar-refractivity contribution in [3.05, 3.63) is 47.6 Å². The number of aromatic nitrogens is 3. The van der Waals surface area contributed by atoms with Crippen molar-refractivity contribution < 1.29 is 14.4 Å². The maximum Gasteiger partial charge on any atom is 0.335 e. The molecule has 0 saturated carbocycles. The summed E-state index contributed by atoms with van der Waals surface area (Å²) in [6.07, 6.45) is 1.67. The molecule has 0 fully saturated rings. The zero-order valence-electron chi connectivity index (χ0n) is 10.2. The van der Waals surface area contributed by atoms with Gasteiger partial charge in [0.05, 0.1) is 29.5 Å². The Morgan fingerprint density at radius 2 is 2.26 bits per heavy atom. The number of carboxylic acids is 1. The van der Waals surface area contributed by atoms with E-state index in [2.05, 4.69) is 10.1 Å². The monoisotopic (exact) mass is 257 g/mol. The Bertz CT molecular complexity index is 757. The van der Waals surface area contributed by atoms with E-state index < -0.39 is 5.97 Å². The van der Waals surface area contributed by atoms with Gasteiger partial charge >= 0.3 is 5.97 Å². The molecule has 96 valence electrons. The van der Waals surface area contributed by atoms with Gasteiger partial charge in [-0.1, -0.05) is 5.16 Å². The number of imidazole rings is 1. The van der Waals surface area contributed by atoms with Crippen molar-refractivity contribution in [2.24, 2.45) is 0 Å². The van der Waals surface area contributed by atoms with E-state index in [-0.39, 0.29) is 5.56 Å². The Morgan fingerprint density at radius 1 is 1.42 bits per heavy atom. The first-order chi connectivity index (χ1) is 9.13. The van der Waals surface area contributed by atoms with Crippen molar-refractivity contribution in [3.63, 3.8) is 0 Å². The highest BCUT2D eigenvalue weighted by molar-refractivity contribution is 5.92. The van der Waals surface area contributed by atoms with Crippen LogP contribution in [-0.2, 0) is 6.54 Å². The van der Waals surface area contributed by atoms with Crippen LogP contribution in [0.3, 0.4) is 0 Å². The molecule has 0 aliphatic carbocycles. The Kier molecular flexibility index (Phi) is 2.56. The first-order valence-electron chi connectivity index (χ1n) is 5.74. The van der Waals surface area contributed by atoms with E-state index in [9.17, 15) is 4.79 Å². The topological polar surface area (TPSA) is 81.2 Å².